The van der Waals surface area contributed by atoms with Crippen molar-refractivity contribution >= 4 is 6.02 Å². The van der Waals surface area contributed by atoms with Gasteiger partial charge in [-0.25, -0.2) is 0 Å². The van der Waals surface area contributed by atoms with Crippen LogP contribution in [0, 0.1) is 0 Å². The molecule has 12 heavy (non-hydrogen) atoms. The van der Waals surface area contributed by atoms with Gasteiger partial charge in [0.25, 0.3) is 0 Å². The number of nitrogens with two attached hydrogens (primary N) is 1. The number of hydrazone groups is 1. The van der Waals surface area contributed by atoms with Gasteiger partial charge in [0.15, 0.2) is 0 Å². The topological polar surface area (TPSA) is 62.9 Å². The van der Waals surface area contributed by atoms with Crippen LogP contribution in [0.1, 0.15) is 32.1 Å². The van der Waals surface area contributed by atoms with Gasteiger partial charge in [0, 0.05) is 0 Å². The second kappa shape index (κ2) is 3.18. The van der Waals surface area contributed by atoms with Crippen molar-refractivity contribution in [1.29, 1.82) is 0 Å². The van der Waals surface area contributed by atoms with E-state index in [0.717, 1.165) is 0 Å². The molecule has 0 unspecified atom stereocenters. The molecule has 0 aromatic heterocycles. The number of nitrogens with one attached hydrogen (secondary N) is 1. The summed E-state index contributed by atoms with van der Waals surface area (Å²) in [6, 6.07) is 0.667. The van der Waals surface area contributed by atoms with Crippen LogP contribution in [0.25, 0.3) is 0 Å². The summed E-state index contributed by atoms with van der Waals surface area (Å²) in [6.45, 7) is 0. The molecule has 0 aromatic carbocycles. The van der Waals surface area contributed by atoms with Crippen LogP contribution < -0.4 is 11.3 Å². The Balaban J connectivity index is 1.91. The van der Waals surface area contributed by atoms with Crippen molar-refractivity contribution in [2.45, 2.75) is 38.1 Å². The van der Waals surface area contributed by atoms with Crippen molar-refractivity contribution in [3.8, 4) is 0 Å². The van der Waals surface area contributed by atoms with Crippen LogP contribution in [-0.4, -0.2) is 17.2 Å². The Kier molecular flexibility index (Phi) is 2.03. The molecule has 0 aromatic rings. The molecule has 1 saturated carbocycles. The summed E-state index contributed by atoms with van der Waals surface area (Å²) in [7, 11) is 0. The number of nitrogens with zero attached hydrogens (tertiary/aromatic N) is 2. The number of rotatable bonds is 1. The average Bonchev–Trinajstić information content (AvgIpc) is 2.54. The van der Waals surface area contributed by atoms with E-state index in [9.17, 15) is 0 Å². The van der Waals surface area contributed by atoms with Gasteiger partial charge < -0.3 is 10.6 Å². The molecule has 0 radical (unpaired) electrons. The third-order valence-corrected chi connectivity index (χ3v) is 2.37. The fourth-order valence-electron chi connectivity index (χ4n) is 1.72. The van der Waals surface area contributed by atoms with Gasteiger partial charge in [-0.1, -0.05) is 19.3 Å². The summed E-state index contributed by atoms with van der Waals surface area (Å²) in [5, 5.41) is 5.74. The van der Waals surface area contributed by atoms with E-state index in [1.165, 1.54) is 32.1 Å². The lowest BCUT2D eigenvalue weighted by Gasteiger charge is -2.26. The summed E-state index contributed by atoms with van der Waals surface area (Å²) in [4.78, 5) is 4.82. The first-order valence-corrected chi connectivity index (χ1v) is 4.42. The van der Waals surface area contributed by atoms with E-state index in [0.29, 0.717) is 6.04 Å². The molecule has 3 N–H and O–H groups in total. The first-order valence-electron chi connectivity index (χ1n) is 4.42. The lowest BCUT2D eigenvalue weighted by Crippen LogP contribution is -2.38. The van der Waals surface area contributed by atoms with Gasteiger partial charge in [0.2, 0.25) is 0 Å². The Morgan fingerprint density at radius 1 is 1.42 bits per heavy atom. The van der Waals surface area contributed by atoms with E-state index in [4.69, 9.17) is 10.6 Å². The highest BCUT2D eigenvalue weighted by Crippen LogP contribution is 2.22. The lowest BCUT2D eigenvalue weighted by molar-refractivity contribution is -0.00932. The van der Waals surface area contributed by atoms with Gasteiger partial charge in [0.1, 0.15) is 0 Å². The summed E-state index contributed by atoms with van der Waals surface area (Å²) in [5.74, 6) is 0. The predicted molar refractivity (Wildman–Crippen MR) is 44.6 cm³/mol. The molecule has 5 heteroatoms. The fourth-order valence-corrected chi connectivity index (χ4v) is 1.72. The van der Waals surface area contributed by atoms with Crippen molar-refractivity contribution in [2.24, 2.45) is 10.8 Å². The minimum Gasteiger partial charge on any atom is -0.351 e. The Morgan fingerprint density at radius 2 is 2.17 bits per heavy atom. The van der Waals surface area contributed by atoms with E-state index < -0.39 is 0 Å². The predicted octanol–water partition coefficient (Wildman–Crippen LogP) is 0.301. The zero-order chi connectivity index (χ0) is 8.39. The third kappa shape index (κ3) is 1.45. The lowest BCUT2D eigenvalue weighted by atomic mass is 9.96. The molecule has 2 rings (SSSR count). The molecule has 68 valence electrons. The second-order valence-corrected chi connectivity index (χ2v) is 3.27. The highest BCUT2D eigenvalue weighted by Gasteiger charge is 2.24. The van der Waals surface area contributed by atoms with Crippen LogP contribution in [-0.2, 0) is 4.84 Å². The van der Waals surface area contributed by atoms with Crippen LogP contribution in [0.3, 0.4) is 0 Å². The molecule has 0 spiro atoms. The minimum absolute atomic E-state index is 0.209. The molecule has 1 aliphatic carbocycles. The van der Waals surface area contributed by atoms with Crippen LogP contribution in [0.15, 0.2) is 5.10 Å². The summed E-state index contributed by atoms with van der Waals surface area (Å²) < 4.78 is 0. The monoisotopic (exact) mass is 170 g/mol. The maximum absolute atomic E-state index is 5.36. The van der Waals surface area contributed by atoms with E-state index in [2.05, 4.69) is 10.7 Å². The Morgan fingerprint density at radius 3 is 2.75 bits per heavy atom. The molecular weight excluding hydrogens is 156 g/mol. The van der Waals surface area contributed by atoms with E-state index in [1.54, 1.807) is 5.12 Å². The Hall–Kier alpha value is -0.970. The molecule has 5 nitrogen and oxygen atoms in total. The van der Waals surface area contributed by atoms with Gasteiger partial charge in [-0.2, -0.15) is 5.12 Å². The highest BCUT2D eigenvalue weighted by molar-refractivity contribution is 5.71. The molecule has 0 saturated heterocycles. The van der Waals surface area contributed by atoms with Crippen molar-refractivity contribution in [1.82, 2.24) is 10.7 Å². The first kappa shape index (κ1) is 7.67. The van der Waals surface area contributed by atoms with Gasteiger partial charge in [-0.05, 0) is 18.4 Å². The molecule has 0 atom stereocenters. The molecule has 1 fully saturated rings. The van der Waals surface area contributed by atoms with Gasteiger partial charge in [-0.3, -0.25) is 0 Å². The highest BCUT2D eigenvalue weighted by atomic mass is 16.7. The molecular formula is C7H14N4O. The number of hydrazine groups is 1. The van der Waals surface area contributed by atoms with Crippen LogP contribution in [0.2, 0.25) is 0 Å². The first-order chi connectivity index (χ1) is 5.86. The summed E-state index contributed by atoms with van der Waals surface area (Å²) in [6.07, 6.45) is 6.24. The van der Waals surface area contributed by atoms with Gasteiger partial charge in [0.05, 0.1) is 6.04 Å². The van der Waals surface area contributed by atoms with Crippen LogP contribution in [0.4, 0.5) is 0 Å². The van der Waals surface area contributed by atoms with E-state index >= 15 is 0 Å². The maximum Gasteiger partial charge on any atom is 0.327 e. The van der Waals surface area contributed by atoms with Gasteiger partial charge in [-0.15, -0.1) is 5.10 Å². The molecule has 0 bridgehead atoms. The standard InChI is InChI=1S/C7H14N4O/c8-7-9-11(10-12-7)6-4-2-1-3-5-6/h6,10H,1-5H2,(H2,8,9). The third-order valence-electron chi connectivity index (χ3n) is 2.37. The van der Waals surface area contributed by atoms with Crippen LogP contribution >= 0.6 is 0 Å². The molecule has 1 heterocycles. The number of amidine groups is 1. The van der Waals surface area contributed by atoms with Crippen molar-refractivity contribution < 1.29 is 4.84 Å². The van der Waals surface area contributed by atoms with E-state index in [-0.39, 0.29) is 6.02 Å². The largest absolute Gasteiger partial charge is 0.351 e. The SMILES string of the molecule is NC1=NN(C2CCCCC2)NO1. The average molecular weight is 170 g/mol. The molecule has 2 aliphatic rings. The Bertz CT molecular complexity index is 188. The maximum atomic E-state index is 5.36. The smallest absolute Gasteiger partial charge is 0.327 e. The van der Waals surface area contributed by atoms with Crippen molar-refractivity contribution in [3.05, 3.63) is 0 Å². The second-order valence-electron chi connectivity index (χ2n) is 3.27. The van der Waals surface area contributed by atoms with Crippen molar-refractivity contribution in [3.63, 3.8) is 0 Å². The molecule has 1 aliphatic heterocycles. The minimum atomic E-state index is 0.209. The number of hydrogen-bond donors (Lipinski definition) is 2. The Labute approximate surface area is 71.5 Å². The summed E-state index contributed by atoms with van der Waals surface area (Å²) >= 11 is 0. The fraction of sp³-hybridized carbons (Fsp3) is 0.857. The normalized spacial score (nSPS) is 25.3. The van der Waals surface area contributed by atoms with Crippen molar-refractivity contribution in [2.75, 3.05) is 0 Å². The zero-order valence-electron chi connectivity index (χ0n) is 6.99. The van der Waals surface area contributed by atoms with E-state index in [1.807, 2.05) is 0 Å². The zero-order valence-corrected chi connectivity index (χ0v) is 6.99. The van der Waals surface area contributed by atoms with Gasteiger partial charge >= 0.3 is 6.02 Å². The quantitative estimate of drug-likeness (QED) is 0.594. The summed E-state index contributed by atoms with van der Waals surface area (Å²) in [5.41, 5.74) is 8.04. The molecule has 0 amide bonds. The van der Waals surface area contributed by atoms with Crippen LogP contribution in [0.5, 0.6) is 0 Å². The number of hydrogen-bond acceptors (Lipinski definition) is 5.